The topological polar surface area (TPSA) is 76.0 Å². The Labute approximate surface area is 106 Å². The minimum absolute atomic E-state index is 0.0304. The van der Waals surface area contributed by atoms with Crippen molar-refractivity contribution in [3.63, 3.8) is 0 Å². The molecule has 1 N–H and O–H groups in total. The van der Waals surface area contributed by atoms with Crippen LogP contribution in [0, 0.1) is 6.92 Å². The van der Waals surface area contributed by atoms with Crippen molar-refractivity contribution in [2.24, 2.45) is 0 Å². The normalized spacial score (nSPS) is 10.2. The summed E-state index contributed by atoms with van der Waals surface area (Å²) < 4.78 is 0.840. The maximum atomic E-state index is 10.9. The molecular weight excluding hydrogens is 286 g/mol. The van der Waals surface area contributed by atoms with Crippen molar-refractivity contribution in [1.29, 1.82) is 0 Å². The molecule has 0 aliphatic rings. The number of carboxylic acids is 1. The van der Waals surface area contributed by atoms with Crippen LogP contribution in [0.15, 0.2) is 28.9 Å². The molecule has 2 aromatic heterocycles. The average molecular weight is 294 g/mol. The van der Waals surface area contributed by atoms with E-state index >= 15 is 0 Å². The fraction of sp³-hybridized carbons (Fsp3) is 0.0909. The first-order valence-corrected chi connectivity index (χ1v) is 5.56. The Kier molecular flexibility index (Phi) is 3.14. The molecule has 0 unspecified atom stereocenters. The van der Waals surface area contributed by atoms with E-state index < -0.39 is 5.97 Å². The van der Waals surface area contributed by atoms with Crippen LogP contribution < -0.4 is 0 Å². The van der Waals surface area contributed by atoms with Gasteiger partial charge in [-0.1, -0.05) is 0 Å². The molecule has 5 nitrogen and oxygen atoms in total. The summed E-state index contributed by atoms with van der Waals surface area (Å²) in [7, 11) is 0. The Morgan fingerprint density at radius 1 is 1.35 bits per heavy atom. The molecule has 0 saturated carbocycles. The molecule has 2 heterocycles. The van der Waals surface area contributed by atoms with Gasteiger partial charge in [0, 0.05) is 16.4 Å². The second-order valence-electron chi connectivity index (χ2n) is 3.38. The van der Waals surface area contributed by atoms with E-state index in [0.29, 0.717) is 17.2 Å². The number of rotatable bonds is 2. The average Bonchev–Trinajstić information content (AvgIpc) is 2.29. The number of halogens is 1. The van der Waals surface area contributed by atoms with Crippen molar-refractivity contribution in [1.82, 2.24) is 15.0 Å². The summed E-state index contributed by atoms with van der Waals surface area (Å²) in [5, 5.41) is 8.91. The third-order valence-corrected chi connectivity index (χ3v) is 2.50. The molecule has 86 valence electrons. The van der Waals surface area contributed by atoms with Crippen LogP contribution in [-0.2, 0) is 0 Å². The van der Waals surface area contributed by atoms with Gasteiger partial charge in [0.05, 0.1) is 0 Å². The molecule has 2 rings (SSSR count). The maximum absolute atomic E-state index is 10.9. The number of carbonyl (C=O) groups is 1. The Hall–Kier alpha value is -1.82. The Balaban J connectivity index is 2.51. The van der Waals surface area contributed by atoms with E-state index in [0.717, 1.165) is 4.47 Å². The highest BCUT2D eigenvalue weighted by Gasteiger charge is 2.10. The quantitative estimate of drug-likeness (QED) is 0.919. The third kappa shape index (κ3) is 2.65. The molecule has 0 radical (unpaired) electrons. The van der Waals surface area contributed by atoms with Gasteiger partial charge in [0.2, 0.25) is 0 Å². The van der Waals surface area contributed by atoms with E-state index in [1.807, 2.05) is 0 Å². The van der Waals surface area contributed by atoms with Gasteiger partial charge < -0.3 is 5.11 Å². The van der Waals surface area contributed by atoms with Crippen LogP contribution in [0.25, 0.3) is 11.5 Å². The zero-order valence-corrected chi connectivity index (χ0v) is 10.5. The van der Waals surface area contributed by atoms with Crippen molar-refractivity contribution in [3.05, 3.63) is 40.3 Å². The lowest BCUT2D eigenvalue weighted by molar-refractivity contribution is 0.0690. The number of hydrogen-bond acceptors (Lipinski definition) is 4. The van der Waals surface area contributed by atoms with Crippen LogP contribution in [0.5, 0.6) is 0 Å². The third-order valence-electron chi connectivity index (χ3n) is 2.03. The smallest absolute Gasteiger partial charge is 0.354 e. The molecule has 0 spiro atoms. The summed E-state index contributed by atoms with van der Waals surface area (Å²) in [5.41, 5.74) is 1.11. The van der Waals surface area contributed by atoms with E-state index in [1.54, 1.807) is 25.3 Å². The van der Waals surface area contributed by atoms with Crippen LogP contribution in [0.2, 0.25) is 0 Å². The van der Waals surface area contributed by atoms with E-state index in [-0.39, 0.29) is 5.69 Å². The van der Waals surface area contributed by atoms with Crippen LogP contribution >= 0.6 is 15.9 Å². The Bertz CT molecular complexity index is 569. The molecule has 0 amide bonds. The molecule has 0 saturated heterocycles. The number of aromatic carboxylic acids is 1. The second kappa shape index (κ2) is 4.58. The van der Waals surface area contributed by atoms with Crippen LogP contribution in [-0.4, -0.2) is 26.0 Å². The van der Waals surface area contributed by atoms with E-state index in [4.69, 9.17) is 5.11 Å². The predicted molar refractivity (Wildman–Crippen MR) is 64.7 cm³/mol. The largest absolute Gasteiger partial charge is 0.477 e. The standard InChI is InChI=1S/C11H8BrN3O2/c1-6-4-9(11(16)17)15-10(14-6)8-3-2-7(12)5-13-8/h2-5H,1H3,(H,16,17). The number of carboxylic acid groups (broad SMARTS) is 1. The minimum Gasteiger partial charge on any atom is -0.477 e. The molecule has 0 aromatic carbocycles. The van der Waals surface area contributed by atoms with Gasteiger partial charge in [-0.05, 0) is 41.1 Å². The zero-order valence-electron chi connectivity index (χ0n) is 8.88. The molecule has 0 aliphatic carbocycles. The van der Waals surface area contributed by atoms with E-state index in [2.05, 4.69) is 30.9 Å². The highest BCUT2D eigenvalue weighted by Crippen LogP contribution is 2.16. The van der Waals surface area contributed by atoms with Crippen molar-refractivity contribution < 1.29 is 9.90 Å². The number of aromatic nitrogens is 3. The molecule has 0 fully saturated rings. The lowest BCUT2D eigenvalue weighted by Gasteiger charge is -2.02. The first-order valence-electron chi connectivity index (χ1n) is 4.77. The van der Waals surface area contributed by atoms with Crippen molar-refractivity contribution in [3.8, 4) is 11.5 Å². The first kappa shape index (κ1) is 11.7. The summed E-state index contributed by atoms with van der Waals surface area (Å²) in [6.07, 6.45) is 1.61. The summed E-state index contributed by atoms with van der Waals surface area (Å²) in [5.74, 6) is -0.760. The fourth-order valence-corrected chi connectivity index (χ4v) is 1.54. The van der Waals surface area contributed by atoms with Gasteiger partial charge in [0.25, 0.3) is 0 Å². The number of hydrogen-bond donors (Lipinski definition) is 1. The number of pyridine rings is 1. The first-order chi connectivity index (χ1) is 8.06. The minimum atomic E-state index is -1.08. The van der Waals surface area contributed by atoms with Gasteiger partial charge >= 0.3 is 5.97 Å². The van der Waals surface area contributed by atoms with Crippen molar-refractivity contribution >= 4 is 21.9 Å². The monoisotopic (exact) mass is 293 g/mol. The van der Waals surface area contributed by atoms with E-state index in [1.165, 1.54) is 6.07 Å². The molecule has 2 aromatic rings. The molecule has 0 bridgehead atoms. The predicted octanol–water partition coefficient (Wildman–Crippen LogP) is 2.31. The lowest BCUT2D eigenvalue weighted by atomic mass is 10.3. The van der Waals surface area contributed by atoms with Gasteiger partial charge in [-0.15, -0.1) is 0 Å². The van der Waals surface area contributed by atoms with Crippen molar-refractivity contribution in [2.45, 2.75) is 6.92 Å². The van der Waals surface area contributed by atoms with Crippen molar-refractivity contribution in [2.75, 3.05) is 0 Å². The Morgan fingerprint density at radius 2 is 2.12 bits per heavy atom. The van der Waals surface area contributed by atoms with Crippen LogP contribution in [0.3, 0.4) is 0 Å². The highest BCUT2D eigenvalue weighted by molar-refractivity contribution is 9.10. The number of aryl methyl sites for hydroxylation is 1. The summed E-state index contributed by atoms with van der Waals surface area (Å²) in [4.78, 5) is 23.1. The summed E-state index contributed by atoms with van der Waals surface area (Å²) in [6, 6.07) is 4.95. The van der Waals surface area contributed by atoms with Gasteiger partial charge in [-0.2, -0.15) is 0 Å². The second-order valence-corrected chi connectivity index (χ2v) is 4.30. The SMILES string of the molecule is Cc1cc(C(=O)O)nc(-c2ccc(Br)cn2)n1. The van der Waals surface area contributed by atoms with Gasteiger partial charge in [-0.25, -0.2) is 14.8 Å². The number of nitrogens with zero attached hydrogens (tertiary/aromatic N) is 3. The lowest BCUT2D eigenvalue weighted by Crippen LogP contribution is -2.04. The van der Waals surface area contributed by atoms with E-state index in [9.17, 15) is 4.79 Å². The zero-order chi connectivity index (χ0) is 12.4. The van der Waals surface area contributed by atoms with Crippen LogP contribution in [0.1, 0.15) is 16.2 Å². The molecule has 6 heteroatoms. The van der Waals surface area contributed by atoms with Gasteiger partial charge in [-0.3, -0.25) is 4.98 Å². The summed E-state index contributed by atoms with van der Waals surface area (Å²) >= 11 is 3.27. The summed E-state index contributed by atoms with van der Waals surface area (Å²) in [6.45, 7) is 1.72. The fourth-order valence-electron chi connectivity index (χ4n) is 1.30. The molecular formula is C11H8BrN3O2. The van der Waals surface area contributed by atoms with Crippen LogP contribution in [0.4, 0.5) is 0 Å². The highest BCUT2D eigenvalue weighted by atomic mass is 79.9. The molecule has 0 atom stereocenters. The Morgan fingerprint density at radius 3 is 2.71 bits per heavy atom. The van der Waals surface area contributed by atoms with Gasteiger partial charge in [0.1, 0.15) is 5.69 Å². The van der Waals surface area contributed by atoms with Gasteiger partial charge in [0.15, 0.2) is 11.5 Å². The molecule has 17 heavy (non-hydrogen) atoms. The molecule has 0 aliphatic heterocycles. The maximum Gasteiger partial charge on any atom is 0.354 e.